The second-order valence-electron chi connectivity index (χ2n) is 3.86. The van der Waals surface area contributed by atoms with Crippen LogP contribution in [0, 0.1) is 0 Å². The Bertz CT molecular complexity index is 279. The monoisotopic (exact) mass is 205 g/mol. The lowest BCUT2D eigenvalue weighted by atomic mass is 10.1. The van der Waals surface area contributed by atoms with Gasteiger partial charge in [-0.15, -0.1) is 0 Å². The molecule has 0 amide bonds. The first-order valence-electron chi connectivity index (χ1n) is 5.43. The molecule has 1 rings (SSSR count). The summed E-state index contributed by atoms with van der Waals surface area (Å²) in [5.74, 6) is 0.390. The first-order valence-corrected chi connectivity index (χ1v) is 5.43. The molecule has 0 aromatic rings. The van der Waals surface area contributed by atoms with Gasteiger partial charge in [-0.05, 0) is 12.5 Å². The number of rotatable bonds is 4. The molecule has 1 aliphatic rings. The van der Waals surface area contributed by atoms with Gasteiger partial charge in [-0.1, -0.05) is 30.9 Å². The molecule has 0 bridgehead atoms. The third-order valence-corrected chi connectivity index (χ3v) is 2.48. The van der Waals surface area contributed by atoms with Gasteiger partial charge in [0.05, 0.1) is 0 Å². The summed E-state index contributed by atoms with van der Waals surface area (Å²) in [7, 11) is 0. The van der Waals surface area contributed by atoms with Gasteiger partial charge in [0.15, 0.2) is 0 Å². The minimum Gasteiger partial charge on any atom is -0.300 e. The lowest BCUT2D eigenvalue weighted by Gasteiger charge is -2.25. The highest BCUT2D eigenvalue weighted by atomic mass is 16.1. The predicted molar refractivity (Wildman–Crippen MR) is 63.8 cm³/mol. The van der Waals surface area contributed by atoms with Gasteiger partial charge in [-0.2, -0.15) is 0 Å². The standard InChI is InChI=1S/C13H19NO/c1-3-4-5-6-12(2)11-14-9-7-13(15)8-10-14/h3-6H,2,7-11H2,1H3/b4-3-,6-5-. The van der Waals surface area contributed by atoms with Crippen LogP contribution in [0.3, 0.4) is 0 Å². The average Bonchev–Trinajstić information content (AvgIpc) is 2.22. The molecule has 82 valence electrons. The zero-order valence-electron chi connectivity index (χ0n) is 9.41. The number of likely N-dealkylation sites (tertiary alicyclic amines) is 1. The summed E-state index contributed by atoms with van der Waals surface area (Å²) in [6.45, 7) is 8.63. The van der Waals surface area contributed by atoms with Crippen molar-refractivity contribution in [1.29, 1.82) is 0 Å². The maximum absolute atomic E-state index is 11.0. The first kappa shape index (κ1) is 11.9. The van der Waals surface area contributed by atoms with E-state index in [2.05, 4.69) is 11.5 Å². The lowest BCUT2D eigenvalue weighted by molar-refractivity contribution is -0.121. The van der Waals surface area contributed by atoms with Crippen LogP contribution < -0.4 is 0 Å². The molecule has 15 heavy (non-hydrogen) atoms. The van der Waals surface area contributed by atoms with Gasteiger partial charge >= 0.3 is 0 Å². The van der Waals surface area contributed by atoms with Crippen molar-refractivity contribution in [3.63, 3.8) is 0 Å². The summed E-state index contributed by atoms with van der Waals surface area (Å²) in [5.41, 5.74) is 1.10. The van der Waals surface area contributed by atoms with E-state index in [1.807, 2.05) is 31.2 Å². The molecule has 2 nitrogen and oxygen atoms in total. The number of piperidine rings is 1. The smallest absolute Gasteiger partial charge is 0.135 e. The Morgan fingerprint density at radius 3 is 2.67 bits per heavy atom. The topological polar surface area (TPSA) is 20.3 Å². The fourth-order valence-electron chi connectivity index (χ4n) is 1.60. The molecule has 1 aliphatic heterocycles. The van der Waals surface area contributed by atoms with Gasteiger partial charge in [-0.25, -0.2) is 0 Å². The summed E-state index contributed by atoms with van der Waals surface area (Å²) >= 11 is 0. The van der Waals surface area contributed by atoms with Crippen LogP contribution >= 0.6 is 0 Å². The van der Waals surface area contributed by atoms with Crippen LogP contribution in [0.15, 0.2) is 36.5 Å². The molecule has 0 saturated carbocycles. The van der Waals surface area contributed by atoms with Crippen molar-refractivity contribution in [1.82, 2.24) is 4.90 Å². The van der Waals surface area contributed by atoms with Crippen LogP contribution in [0.1, 0.15) is 19.8 Å². The van der Waals surface area contributed by atoms with E-state index in [0.717, 1.165) is 25.2 Å². The van der Waals surface area contributed by atoms with Crippen LogP contribution in [0.2, 0.25) is 0 Å². The van der Waals surface area contributed by atoms with Gasteiger partial charge in [0.25, 0.3) is 0 Å². The summed E-state index contributed by atoms with van der Waals surface area (Å²) in [6.07, 6.45) is 9.40. The molecule has 0 N–H and O–H groups in total. The van der Waals surface area contributed by atoms with Gasteiger partial charge in [0.2, 0.25) is 0 Å². The first-order chi connectivity index (χ1) is 7.22. The molecule has 1 fully saturated rings. The van der Waals surface area contributed by atoms with Crippen molar-refractivity contribution in [2.45, 2.75) is 19.8 Å². The van der Waals surface area contributed by atoms with Crippen LogP contribution in [0.25, 0.3) is 0 Å². The Hall–Kier alpha value is -1.15. The van der Waals surface area contributed by atoms with Crippen molar-refractivity contribution >= 4 is 5.78 Å². The summed E-state index contributed by atoms with van der Waals surface area (Å²) < 4.78 is 0. The summed E-state index contributed by atoms with van der Waals surface area (Å²) in [6, 6.07) is 0. The molecular weight excluding hydrogens is 186 g/mol. The third-order valence-electron chi connectivity index (χ3n) is 2.48. The van der Waals surface area contributed by atoms with Crippen molar-refractivity contribution in [2.24, 2.45) is 0 Å². The van der Waals surface area contributed by atoms with E-state index in [-0.39, 0.29) is 0 Å². The van der Waals surface area contributed by atoms with Crippen molar-refractivity contribution < 1.29 is 4.79 Å². The van der Waals surface area contributed by atoms with E-state index in [4.69, 9.17) is 0 Å². The average molecular weight is 205 g/mol. The Balaban J connectivity index is 2.29. The van der Waals surface area contributed by atoms with Gasteiger partial charge in [-0.3, -0.25) is 9.69 Å². The highest BCUT2D eigenvalue weighted by Crippen LogP contribution is 2.08. The molecule has 2 heteroatoms. The number of nitrogens with zero attached hydrogens (tertiary/aromatic N) is 1. The van der Waals surface area contributed by atoms with Crippen LogP contribution in [-0.4, -0.2) is 30.3 Å². The molecule has 0 unspecified atom stereocenters. The largest absolute Gasteiger partial charge is 0.300 e. The van der Waals surface area contributed by atoms with Gasteiger partial charge < -0.3 is 0 Å². The zero-order valence-corrected chi connectivity index (χ0v) is 9.41. The van der Waals surface area contributed by atoms with Crippen molar-refractivity contribution in [3.8, 4) is 0 Å². The number of allylic oxidation sites excluding steroid dienone is 3. The third kappa shape index (κ3) is 4.75. The summed E-state index contributed by atoms with van der Waals surface area (Å²) in [5, 5.41) is 0. The Morgan fingerprint density at radius 1 is 1.40 bits per heavy atom. The minimum absolute atomic E-state index is 0.390. The van der Waals surface area contributed by atoms with E-state index in [9.17, 15) is 4.79 Å². The predicted octanol–water partition coefficient (Wildman–Crippen LogP) is 2.34. The van der Waals surface area contributed by atoms with Crippen LogP contribution in [0.5, 0.6) is 0 Å². The number of hydrogen-bond acceptors (Lipinski definition) is 2. The Labute approximate surface area is 92.0 Å². The highest BCUT2D eigenvalue weighted by Gasteiger charge is 2.15. The Morgan fingerprint density at radius 2 is 2.07 bits per heavy atom. The summed E-state index contributed by atoms with van der Waals surface area (Å²) in [4.78, 5) is 13.3. The van der Waals surface area contributed by atoms with E-state index in [1.54, 1.807) is 0 Å². The molecule has 0 aliphatic carbocycles. The normalized spacial score (nSPS) is 19.1. The molecule has 0 atom stereocenters. The number of ketones is 1. The number of Topliss-reactive ketones (excluding diaryl/α,β-unsaturated/α-hetero) is 1. The second kappa shape index (κ2) is 6.36. The maximum Gasteiger partial charge on any atom is 0.135 e. The van der Waals surface area contributed by atoms with E-state index in [0.29, 0.717) is 18.6 Å². The molecule has 0 spiro atoms. The fraction of sp³-hybridized carbons (Fsp3) is 0.462. The molecule has 0 radical (unpaired) electrons. The SMILES string of the molecule is C=C(/C=C\C=C/C)CN1CCC(=O)CC1. The van der Waals surface area contributed by atoms with Crippen LogP contribution in [-0.2, 0) is 4.79 Å². The molecule has 0 aromatic heterocycles. The number of carbonyl (C=O) groups excluding carboxylic acids is 1. The number of hydrogen-bond donors (Lipinski definition) is 0. The molecule has 0 aromatic carbocycles. The van der Waals surface area contributed by atoms with E-state index in [1.165, 1.54) is 0 Å². The second-order valence-corrected chi connectivity index (χ2v) is 3.86. The van der Waals surface area contributed by atoms with Crippen molar-refractivity contribution in [3.05, 3.63) is 36.5 Å². The highest BCUT2D eigenvalue weighted by molar-refractivity contribution is 5.79. The van der Waals surface area contributed by atoms with Crippen molar-refractivity contribution in [2.75, 3.05) is 19.6 Å². The Kier molecular flexibility index (Phi) is 5.05. The molecule has 1 heterocycles. The zero-order chi connectivity index (χ0) is 11.1. The van der Waals surface area contributed by atoms with Crippen LogP contribution in [0.4, 0.5) is 0 Å². The maximum atomic E-state index is 11.0. The van der Waals surface area contributed by atoms with E-state index >= 15 is 0 Å². The number of carbonyl (C=O) groups is 1. The van der Waals surface area contributed by atoms with Gasteiger partial charge in [0, 0.05) is 32.5 Å². The molecule has 1 saturated heterocycles. The fourth-order valence-corrected chi connectivity index (χ4v) is 1.60. The quantitative estimate of drug-likeness (QED) is 0.657. The lowest BCUT2D eigenvalue weighted by Crippen LogP contribution is -2.34. The van der Waals surface area contributed by atoms with Gasteiger partial charge in [0.1, 0.15) is 5.78 Å². The minimum atomic E-state index is 0.390. The van der Waals surface area contributed by atoms with E-state index < -0.39 is 0 Å². The molecular formula is C13H19NO.